The number of aliphatic hydroxyl groups excluding tert-OH is 2. The van der Waals surface area contributed by atoms with Gasteiger partial charge in [0.05, 0.1) is 18.1 Å². The zero-order valence-electron chi connectivity index (χ0n) is 28.2. The van der Waals surface area contributed by atoms with E-state index in [0.717, 1.165) is 11.1 Å². The molecule has 8 atom stereocenters. The number of carbonyl (C=O) groups excluding carboxylic acids is 3. The Labute approximate surface area is 297 Å². The van der Waals surface area contributed by atoms with Crippen LogP contribution in [0.3, 0.4) is 0 Å². The van der Waals surface area contributed by atoms with E-state index in [0.29, 0.717) is 30.9 Å². The molecule has 0 unspecified atom stereocenters. The summed E-state index contributed by atoms with van der Waals surface area (Å²) in [6, 6.07) is 18.6. The first-order valence-corrected chi connectivity index (χ1v) is 16.7. The number of esters is 3. The molecule has 2 bridgehead atoms. The highest BCUT2D eigenvalue weighted by Gasteiger charge is 2.72. The quantitative estimate of drug-likeness (QED) is 0.166. The van der Waals surface area contributed by atoms with Crippen LogP contribution in [-0.2, 0) is 45.2 Å². The molecule has 14 heteroatoms. The van der Waals surface area contributed by atoms with E-state index in [1.54, 1.807) is 30.3 Å². The Morgan fingerprint density at radius 1 is 0.865 bits per heavy atom. The van der Waals surface area contributed by atoms with Gasteiger partial charge in [0.25, 0.3) is 0 Å². The molecule has 52 heavy (non-hydrogen) atoms. The van der Waals surface area contributed by atoms with Gasteiger partial charge in [-0.25, -0.2) is 19.2 Å². The molecule has 0 saturated carbocycles. The molecular formula is C38H37NO13. The first-order valence-electron chi connectivity index (χ1n) is 16.7. The van der Waals surface area contributed by atoms with Crippen molar-refractivity contribution in [3.05, 3.63) is 107 Å². The third kappa shape index (κ3) is 5.50. The normalized spacial score (nSPS) is 26.3. The molecule has 1 spiro atoms. The topological polar surface area (TPSA) is 199 Å². The summed E-state index contributed by atoms with van der Waals surface area (Å²) in [5.74, 6) is -4.92. The molecule has 3 aromatic rings. The van der Waals surface area contributed by atoms with Crippen LogP contribution in [0.15, 0.2) is 84.6 Å². The third-order valence-electron chi connectivity index (χ3n) is 10.7. The van der Waals surface area contributed by atoms with Gasteiger partial charge in [0.2, 0.25) is 12.2 Å². The summed E-state index contributed by atoms with van der Waals surface area (Å²) in [5.41, 5.74) is -0.360. The highest BCUT2D eigenvalue weighted by molar-refractivity contribution is 5.88. The first kappa shape index (κ1) is 35.1. The standard InChI is InChI=1S/C38H37NO13/c1-39-18-17-37-26-22-13-14-23(48-2)31(26)50-32(37)24(15-16-38(37,47)25(39)19-22)49-34(44)27(40)28(41)35(45)52-30(21-11-7-4-8-12-21)36(46)51-29(33(42)43)20-9-5-3-6-10-20/h3-15,25,27-30,32,40-41,47H,16-19H2,1-2H3,(H,42,43)/t25-,27-,28-,29+,30+,32+,37+,38-/m1/s1. The molecule has 7 rings (SSSR count). The number of carboxylic acids is 1. The molecule has 2 aliphatic heterocycles. The Kier molecular flexibility index (Phi) is 9.03. The number of methoxy groups -OCH3 is 1. The number of hydrogen-bond acceptors (Lipinski definition) is 13. The van der Waals surface area contributed by atoms with Crippen LogP contribution in [0, 0.1) is 0 Å². The number of likely N-dealkylation sites (tertiary alicyclic amines) is 1. The van der Waals surface area contributed by atoms with Crippen molar-refractivity contribution in [3.63, 3.8) is 0 Å². The largest absolute Gasteiger partial charge is 0.493 e. The zero-order chi connectivity index (χ0) is 36.9. The maximum atomic E-state index is 13.4. The molecule has 2 heterocycles. The van der Waals surface area contributed by atoms with E-state index in [1.165, 1.54) is 49.6 Å². The number of rotatable bonds is 11. The van der Waals surface area contributed by atoms with Gasteiger partial charge in [0.15, 0.2) is 29.8 Å². The zero-order valence-corrected chi connectivity index (χ0v) is 28.2. The van der Waals surface area contributed by atoms with Crippen molar-refractivity contribution in [1.82, 2.24) is 4.90 Å². The second-order valence-electron chi connectivity index (χ2n) is 13.4. The molecule has 1 saturated heterocycles. The van der Waals surface area contributed by atoms with Gasteiger partial charge in [-0.15, -0.1) is 0 Å². The number of carboxylic acid groups (broad SMARTS) is 1. The summed E-state index contributed by atoms with van der Waals surface area (Å²) in [5, 5.41) is 43.8. The van der Waals surface area contributed by atoms with Gasteiger partial charge < -0.3 is 49.0 Å². The van der Waals surface area contributed by atoms with Crippen molar-refractivity contribution < 1.29 is 63.3 Å². The lowest BCUT2D eigenvalue weighted by atomic mass is 9.50. The lowest BCUT2D eigenvalue weighted by molar-refractivity contribution is -0.187. The van der Waals surface area contributed by atoms with Crippen LogP contribution in [-0.4, -0.2) is 99.9 Å². The summed E-state index contributed by atoms with van der Waals surface area (Å²) in [7, 11) is 3.44. The van der Waals surface area contributed by atoms with Crippen molar-refractivity contribution >= 4 is 23.9 Å². The highest BCUT2D eigenvalue weighted by Crippen LogP contribution is 2.65. The van der Waals surface area contributed by atoms with E-state index in [2.05, 4.69) is 4.90 Å². The Morgan fingerprint density at radius 3 is 2.12 bits per heavy atom. The summed E-state index contributed by atoms with van der Waals surface area (Å²) < 4.78 is 28.2. The number of aliphatic hydroxyl groups is 3. The van der Waals surface area contributed by atoms with Crippen LogP contribution in [0.5, 0.6) is 11.5 Å². The number of aliphatic carboxylic acids is 1. The summed E-state index contributed by atoms with van der Waals surface area (Å²) >= 11 is 0. The molecule has 2 aliphatic carbocycles. The Hall–Kier alpha value is -5.28. The second-order valence-corrected chi connectivity index (χ2v) is 13.4. The van der Waals surface area contributed by atoms with Gasteiger partial charge in [-0.2, -0.15) is 0 Å². The van der Waals surface area contributed by atoms with E-state index in [9.17, 15) is 39.6 Å². The minimum absolute atomic E-state index is 0.0185. The van der Waals surface area contributed by atoms with Crippen LogP contribution in [0.1, 0.15) is 47.3 Å². The number of carbonyl (C=O) groups is 4. The van der Waals surface area contributed by atoms with Gasteiger partial charge in [0, 0.05) is 29.2 Å². The van der Waals surface area contributed by atoms with Crippen molar-refractivity contribution in [2.45, 2.75) is 66.8 Å². The number of hydrogen-bond donors (Lipinski definition) is 4. The van der Waals surface area contributed by atoms with Gasteiger partial charge in [-0.1, -0.05) is 66.7 Å². The molecular weight excluding hydrogens is 678 g/mol. The number of nitrogens with zero attached hydrogens (tertiary/aromatic N) is 1. The molecule has 0 radical (unpaired) electrons. The molecule has 4 N–H and O–H groups in total. The molecule has 0 aromatic heterocycles. The fourth-order valence-corrected chi connectivity index (χ4v) is 8.15. The number of piperidine rings is 1. The Morgan fingerprint density at radius 2 is 1.48 bits per heavy atom. The van der Waals surface area contributed by atoms with Gasteiger partial charge in [0.1, 0.15) is 5.76 Å². The molecule has 0 amide bonds. The minimum atomic E-state index is -2.54. The van der Waals surface area contributed by atoms with Crippen LogP contribution in [0.4, 0.5) is 0 Å². The summed E-state index contributed by atoms with van der Waals surface area (Å²) in [6.45, 7) is 0.612. The highest BCUT2D eigenvalue weighted by atomic mass is 16.6. The van der Waals surface area contributed by atoms with Crippen molar-refractivity contribution in [3.8, 4) is 11.5 Å². The second kappa shape index (κ2) is 13.4. The summed E-state index contributed by atoms with van der Waals surface area (Å²) in [6.07, 6.45) is -7.05. The Balaban J connectivity index is 1.10. The van der Waals surface area contributed by atoms with Gasteiger partial charge >= 0.3 is 23.9 Å². The fraction of sp³-hybridized carbons (Fsp3) is 0.368. The fourth-order valence-electron chi connectivity index (χ4n) is 8.15. The van der Waals surface area contributed by atoms with Crippen molar-refractivity contribution in [1.29, 1.82) is 0 Å². The summed E-state index contributed by atoms with van der Waals surface area (Å²) in [4.78, 5) is 54.0. The van der Waals surface area contributed by atoms with Crippen molar-refractivity contribution in [2.75, 3.05) is 20.7 Å². The lowest BCUT2D eigenvalue weighted by Crippen LogP contribution is -2.74. The predicted octanol–water partition coefficient (Wildman–Crippen LogP) is 1.89. The predicted molar refractivity (Wildman–Crippen MR) is 178 cm³/mol. The van der Waals surface area contributed by atoms with Crippen molar-refractivity contribution in [2.24, 2.45) is 0 Å². The van der Waals surface area contributed by atoms with E-state index in [1.807, 2.05) is 13.1 Å². The average molecular weight is 716 g/mol. The maximum Gasteiger partial charge on any atom is 0.353 e. The Bertz CT molecular complexity index is 1930. The number of likely N-dealkylation sites (N-methyl/N-ethyl adjacent to an activating group) is 1. The van der Waals surface area contributed by atoms with E-state index in [4.69, 9.17) is 23.7 Å². The average Bonchev–Trinajstić information content (AvgIpc) is 3.51. The van der Waals surface area contributed by atoms with Gasteiger partial charge in [-0.3, -0.25) is 0 Å². The minimum Gasteiger partial charge on any atom is -0.493 e. The SMILES string of the molecule is COc1ccc2c3c1O[C@H]1C(OC(=O)[C@H](O)[C@@H](O)C(=O)O[C@H](C(=O)O[C@H](C(=O)O)c4ccccc4)c4ccccc4)=CC[C@@]4(O)[C@@H](C2)N(C)CC[C@]314. The van der Waals surface area contributed by atoms with Crippen LogP contribution in [0.25, 0.3) is 0 Å². The monoisotopic (exact) mass is 715 g/mol. The van der Waals surface area contributed by atoms with Crippen LogP contribution < -0.4 is 9.47 Å². The number of ether oxygens (including phenoxy) is 5. The van der Waals surface area contributed by atoms with Crippen LogP contribution >= 0.6 is 0 Å². The van der Waals surface area contributed by atoms with E-state index >= 15 is 0 Å². The molecule has 3 aromatic carbocycles. The molecule has 1 fully saturated rings. The first-order chi connectivity index (χ1) is 24.9. The molecule has 272 valence electrons. The van der Waals surface area contributed by atoms with Gasteiger partial charge in [-0.05, 0) is 44.1 Å². The third-order valence-corrected chi connectivity index (χ3v) is 10.7. The number of benzene rings is 3. The van der Waals surface area contributed by atoms with Crippen LogP contribution in [0.2, 0.25) is 0 Å². The molecule has 4 aliphatic rings. The van der Waals surface area contributed by atoms with E-state index in [-0.39, 0.29) is 29.3 Å². The molecule has 14 nitrogen and oxygen atoms in total. The lowest BCUT2D eigenvalue weighted by Gasteiger charge is -2.61. The maximum absolute atomic E-state index is 13.4. The smallest absolute Gasteiger partial charge is 0.353 e. The van der Waals surface area contributed by atoms with E-state index < -0.39 is 65.4 Å².